The van der Waals surface area contributed by atoms with Crippen LogP contribution < -0.4 is 5.32 Å². The Balaban J connectivity index is 1.62. The van der Waals surface area contributed by atoms with E-state index in [1.165, 1.54) is 19.1 Å². The third kappa shape index (κ3) is 4.76. The molecule has 0 aromatic heterocycles. The molecule has 202 valence electrons. The number of rotatable bonds is 6. The number of anilines is 1. The predicted molar refractivity (Wildman–Crippen MR) is 129 cm³/mol. The Kier molecular flexibility index (Phi) is 7.41. The maximum atomic E-state index is 13.7. The molecule has 7 atom stereocenters. The van der Waals surface area contributed by atoms with E-state index in [1.54, 1.807) is 0 Å². The van der Waals surface area contributed by atoms with Gasteiger partial charge in [0.05, 0.1) is 26.9 Å². The maximum Gasteiger partial charge on any atom is 0.255 e. The zero-order chi connectivity index (χ0) is 27.4. The van der Waals surface area contributed by atoms with Gasteiger partial charge in [0.1, 0.15) is 6.10 Å². The molecule has 37 heavy (non-hydrogen) atoms. The number of benzene rings is 2. The van der Waals surface area contributed by atoms with Gasteiger partial charge in [-0.25, -0.2) is 21.6 Å². The van der Waals surface area contributed by atoms with Gasteiger partial charge in [-0.15, -0.1) is 0 Å². The van der Waals surface area contributed by atoms with Crippen molar-refractivity contribution >= 4 is 33.0 Å². The lowest BCUT2D eigenvalue weighted by atomic mass is 9.69. The van der Waals surface area contributed by atoms with E-state index in [1.807, 2.05) is 6.92 Å². The highest BCUT2D eigenvalue weighted by atomic mass is 35.5. The number of amides is 1. The summed E-state index contributed by atoms with van der Waals surface area (Å²) in [6.07, 6.45) is -2.14. The first kappa shape index (κ1) is 27.8. The fourth-order valence-corrected chi connectivity index (χ4v) is 8.31. The van der Waals surface area contributed by atoms with Gasteiger partial charge in [0.15, 0.2) is 27.3 Å². The summed E-state index contributed by atoms with van der Waals surface area (Å²) in [5.74, 6) is -6.88. The molecule has 0 radical (unpaired) electrons. The van der Waals surface area contributed by atoms with Crippen LogP contribution >= 0.6 is 11.6 Å². The molecule has 2 saturated carbocycles. The van der Waals surface area contributed by atoms with Gasteiger partial charge in [-0.1, -0.05) is 18.5 Å². The number of aliphatic hydroxyl groups is 3. The standard InChI is InChI=1S/C25H27ClF3NO6S/c1-11-5-14-7-16(10-17(11)25(14,34)23(32)12(2)31)37(35,36)21-6-13(3-4-18(21)26)24(33)30-15-8-19(27)22(29)20(28)9-15/h3-4,6,8-9,11-12,14,16-17,23,31-32,34H,5,7,10H2,1-2H3,(H,30,33)/t11-,12-,14+,16+,17+,23+,25+/m0/s1. The SMILES string of the molecule is C[C@H](O)[C@@H](O)[C@@]1(O)[C@H]2C[C@@H](S(=O)(=O)c3cc(C(=O)Nc4cc(F)c(F)c(F)c4)ccc3Cl)C[C@@H]1[C@@H](C)C2. The maximum absolute atomic E-state index is 13.7. The first-order valence-electron chi connectivity index (χ1n) is 11.8. The molecule has 2 aromatic rings. The Labute approximate surface area is 217 Å². The van der Waals surface area contributed by atoms with Gasteiger partial charge >= 0.3 is 0 Å². The minimum absolute atomic E-state index is 0.0150. The van der Waals surface area contributed by atoms with Crippen LogP contribution in [0.2, 0.25) is 5.02 Å². The van der Waals surface area contributed by atoms with Crippen molar-refractivity contribution in [1.29, 1.82) is 0 Å². The number of carbonyl (C=O) groups excluding carboxylic acids is 1. The topological polar surface area (TPSA) is 124 Å². The molecule has 0 spiro atoms. The van der Waals surface area contributed by atoms with Crippen molar-refractivity contribution in [3.8, 4) is 0 Å². The van der Waals surface area contributed by atoms with E-state index in [2.05, 4.69) is 5.32 Å². The molecule has 2 bridgehead atoms. The van der Waals surface area contributed by atoms with Crippen LogP contribution in [-0.2, 0) is 9.84 Å². The summed E-state index contributed by atoms with van der Waals surface area (Å²) < 4.78 is 67.5. The van der Waals surface area contributed by atoms with Gasteiger partial charge in [-0.2, -0.15) is 0 Å². The van der Waals surface area contributed by atoms with Gasteiger partial charge in [0, 0.05) is 23.4 Å². The fourth-order valence-electron chi connectivity index (χ4n) is 5.94. The number of hydrogen-bond acceptors (Lipinski definition) is 6. The molecule has 0 aliphatic heterocycles. The van der Waals surface area contributed by atoms with Crippen molar-refractivity contribution in [1.82, 2.24) is 0 Å². The molecule has 0 saturated heterocycles. The van der Waals surface area contributed by atoms with Crippen LogP contribution in [0.5, 0.6) is 0 Å². The van der Waals surface area contributed by atoms with Gasteiger partial charge in [0.25, 0.3) is 5.91 Å². The van der Waals surface area contributed by atoms with Crippen LogP contribution in [-0.4, -0.2) is 52.7 Å². The molecular weight excluding hydrogens is 535 g/mol. The van der Waals surface area contributed by atoms with Crippen molar-refractivity contribution in [3.63, 3.8) is 0 Å². The molecule has 7 nitrogen and oxygen atoms in total. The molecular formula is C25H27ClF3NO6S. The van der Waals surface area contributed by atoms with Crippen LogP contribution in [0.25, 0.3) is 0 Å². The lowest BCUT2D eigenvalue weighted by Crippen LogP contribution is -2.59. The third-order valence-electron chi connectivity index (χ3n) is 7.77. The van der Waals surface area contributed by atoms with Crippen LogP contribution in [0, 0.1) is 35.2 Å². The number of carbonyl (C=O) groups is 1. The average Bonchev–Trinajstić information content (AvgIpc) is 2.95. The predicted octanol–water partition coefficient (Wildman–Crippen LogP) is 3.69. The number of hydrogen-bond donors (Lipinski definition) is 4. The summed E-state index contributed by atoms with van der Waals surface area (Å²) in [7, 11) is -4.12. The van der Waals surface area contributed by atoms with Crippen molar-refractivity contribution in [2.24, 2.45) is 17.8 Å². The van der Waals surface area contributed by atoms with Crippen LogP contribution in [0.4, 0.5) is 18.9 Å². The summed E-state index contributed by atoms with van der Waals surface area (Å²) >= 11 is 6.21. The van der Waals surface area contributed by atoms with E-state index in [0.29, 0.717) is 18.6 Å². The lowest BCUT2D eigenvalue weighted by Gasteiger charge is -2.46. The van der Waals surface area contributed by atoms with E-state index in [9.17, 15) is 41.7 Å². The zero-order valence-corrected chi connectivity index (χ0v) is 21.5. The summed E-state index contributed by atoms with van der Waals surface area (Å²) in [6, 6.07) is 4.68. The Bertz CT molecular complexity index is 1320. The average molecular weight is 562 g/mol. The highest BCUT2D eigenvalue weighted by Gasteiger charge is 2.62. The van der Waals surface area contributed by atoms with Gasteiger partial charge in [-0.05, 0) is 62.1 Å². The van der Waals surface area contributed by atoms with Crippen LogP contribution in [0.1, 0.15) is 43.5 Å². The summed E-state index contributed by atoms with van der Waals surface area (Å²) in [5, 5.41) is 32.9. The monoisotopic (exact) mass is 561 g/mol. The molecule has 2 aliphatic carbocycles. The van der Waals surface area contributed by atoms with Gasteiger partial charge in [-0.3, -0.25) is 4.79 Å². The quantitative estimate of drug-likeness (QED) is 0.399. The largest absolute Gasteiger partial charge is 0.391 e. The van der Waals surface area contributed by atoms with Crippen molar-refractivity contribution in [3.05, 3.63) is 58.4 Å². The van der Waals surface area contributed by atoms with E-state index >= 15 is 0 Å². The first-order valence-corrected chi connectivity index (χ1v) is 13.7. The number of halogens is 4. The Morgan fingerprint density at radius 1 is 1.11 bits per heavy atom. The first-order chi connectivity index (χ1) is 17.2. The molecule has 2 aliphatic rings. The van der Waals surface area contributed by atoms with Gasteiger partial charge in [0.2, 0.25) is 0 Å². The number of sulfone groups is 1. The highest BCUT2D eigenvalue weighted by molar-refractivity contribution is 7.92. The molecule has 2 aromatic carbocycles. The summed E-state index contributed by atoms with van der Waals surface area (Å²) in [6.45, 7) is 3.22. The normalized spacial score (nSPS) is 29.1. The molecule has 4 N–H and O–H groups in total. The summed E-state index contributed by atoms with van der Waals surface area (Å²) in [5.41, 5.74) is -2.17. The molecule has 0 unspecified atom stereocenters. The third-order valence-corrected chi connectivity index (χ3v) is 10.4. The number of aliphatic hydroxyl groups excluding tert-OH is 2. The Morgan fingerprint density at radius 2 is 1.73 bits per heavy atom. The van der Waals surface area contributed by atoms with Crippen LogP contribution in [0.3, 0.4) is 0 Å². The second-order valence-corrected chi connectivity index (χ2v) is 12.7. The second kappa shape index (κ2) is 9.85. The molecule has 2 fully saturated rings. The highest BCUT2D eigenvalue weighted by Crippen LogP contribution is 2.56. The zero-order valence-electron chi connectivity index (χ0n) is 20.0. The van der Waals surface area contributed by atoms with E-state index in [4.69, 9.17) is 11.6 Å². The molecule has 0 heterocycles. The number of fused-ring (bicyclic) bond motifs is 2. The van der Waals surface area contributed by atoms with Crippen molar-refractivity contribution < 1.29 is 41.7 Å². The van der Waals surface area contributed by atoms with E-state index in [0.717, 1.165) is 6.07 Å². The molecule has 4 rings (SSSR count). The Hall–Kier alpha value is -2.18. The molecule has 1 amide bonds. The second-order valence-electron chi connectivity index (χ2n) is 10.1. The van der Waals surface area contributed by atoms with Gasteiger partial charge < -0.3 is 20.6 Å². The fraction of sp³-hybridized carbons (Fsp3) is 0.480. The minimum Gasteiger partial charge on any atom is -0.391 e. The van der Waals surface area contributed by atoms with Crippen molar-refractivity contribution in [2.45, 2.75) is 61.1 Å². The minimum atomic E-state index is -4.12. The van der Waals surface area contributed by atoms with Crippen LogP contribution in [0.15, 0.2) is 35.2 Å². The van der Waals surface area contributed by atoms with E-state index in [-0.39, 0.29) is 39.9 Å². The van der Waals surface area contributed by atoms with Crippen molar-refractivity contribution in [2.75, 3.05) is 5.32 Å². The molecule has 12 heteroatoms. The number of nitrogens with one attached hydrogen (secondary N) is 1. The Morgan fingerprint density at radius 3 is 2.30 bits per heavy atom. The van der Waals surface area contributed by atoms with E-state index < -0.39 is 68.1 Å². The smallest absolute Gasteiger partial charge is 0.255 e. The lowest BCUT2D eigenvalue weighted by molar-refractivity contribution is -0.175. The summed E-state index contributed by atoms with van der Waals surface area (Å²) in [4.78, 5) is 12.4.